The Hall–Kier alpha value is -2.52. The molecule has 0 aliphatic carbocycles. The van der Waals surface area contributed by atoms with Gasteiger partial charge in [-0.15, -0.1) is 0 Å². The fraction of sp³-hybridized carbons (Fsp3) is 0.333. The summed E-state index contributed by atoms with van der Waals surface area (Å²) in [6.45, 7) is 1.43. The highest BCUT2D eigenvalue weighted by molar-refractivity contribution is 5.82. The Morgan fingerprint density at radius 2 is 2.10 bits per heavy atom. The molecule has 0 amide bonds. The third-order valence-electron chi connectivity index (χ3n) is 2.64. The van der Waals surface area contributed by atoms with Crippen molar-refractivity contribution in [2.45, 2.75) is 19.1 Å². The monoisotopic (exact) mass is 299 g/mol. The number of nitro benzene ring substituents is 1. The number of aliphatic hydroxyl groups is 2. The number of nitro groups is 1. The second-order valence-electron chi connectivity index (χ2n) is 3.99. The molecule has 1 rings (SSSR count). The summed E-state index contributed by atoms with van der Waals surface area (Å²) in [6, 6.07) is 1.56. The summed E-state index contributed by atoms with van der Waals surface area (Å²) in [7, 11) is 0. The molecule has 21 heavy (non-hydrogen) atoms. The lowest BCUT2D eigenvalue weighted by atomic mass is 9.99. The number of aliphatic hydroxyl groups excluding tert-OH is 2. The highest BCUT2D eigenvalue weighted by Gasteiger charge is 2.31. The second-order valence-corrected chi connectivity index (χ2v) is 3.99. The smallest absolute Gasteiger partial charge is 0.338 e. The van der Waals surface area contributed by atoms with E-state index < -0.39 is 45.7 Å². The van der Waals surface area contributed by atoms with Crippen molar-refractivity contribution in [3.8, 4) is 5.75 Å². The van der Waals surface area contributed by atoms with E-state index >= 15 is 0 Å². The average Bonchev–Trinajstić information content (AvgIpc) is 2.45. The predicted octanol–water partition coefficient (Wildman–Crippen LogP) is 0.0703. The highest BCUT2D eigenvalue weighted by atomic mass is 16.6. The van der Waals surface area contributed by atoms with E-state index in [1.165, 1.54) is 6.92 Å². The Bertz CT molecular complexity index is 571. The van der Waals surface area contributed by atoms with E-state index in [1.54, 1.807) is 0 Å². The van der Waals surface area contributed by atoms with Crippen LogP contribution in [0.5, 0.6) is 5.75 Å². The van der Waals surface area contributed by atoms with E-state index in [4.69, 9.17) is 0 Å². The van der Waals surface area contributed by atoms with E-state index in [1.807, 2.05) is 0 Å². The van der Waals surface area contributed by atoms with Gasteiger partial charge in [0.25, 0.3) is 5.69 Å². The number of non-ortho nitro benzene ring substituents is 1. The summed E-state index contributed by atoms with van der Waals surface area (Å²) in [4.78, 5) is 32.0. The molecule has 0 saturated carbocycles. The minimum Gasteiger partial charge on any atom is -0.507 e. The largest absolute Gasteiger partial charge is 0.507 e. The second kappa shape index (κ2) is 6.77. The quantitative estimate of drug-likeness (QED) is 0.289. The number of nitrogens with zero attached hydrogens (tertiary/aromatic N) is 1. The summed E-state index contributed by atoms with van der Waals surface area (Å²) in [5, 5.41) is 39.9. The summed E-state index contributed by atoms with van der Waals surface area (Å²) < 4.78 is 4.49. The third kappa shape index (κ3) is 3.52. The van der Waals surface area contributed by atoms with Crippen molar-refractivity contribution in [2.24, 2.45) is 0 Å². The number of benzene rings is 1. The maximum Gasteiger partial charge on any atom is 0.338 e. The molecule has 114 valence electrons. The minimum absolute atomic E-state index is 0.0525. The van der Waals surface area contributed by atoms with Crippen LogP contribution in [-0.2, 0) is 9.53 Å². The SMILES string of the molecule is CCOC(=O)C(O)C(O)c1cc([N+](=O)[O-])cc(C=O)c1O. The number of carbonyl (C=O) groups is 2. The first-order chi connectivity index (χ1) is 9.83. The van der Waals surface area contributed by atoms with Gasteiger partial charge in [-0.3, -0.25) is 14.9 Å². The number of phenolic OH excluding ortho intramolecular Hbond substituents is 1. The third-order valence-corrected chi connectivity index (χ3v) is 2.64. The lowest BCUT2D eigenvalue weighted by Crippen LogP contribution is -2.30. The maximum absolute atomic E-state index is 11.3. The number of aromatic hydroxyl groups is 1. The van der Waals surface area contributed by atoms with Crippen molar-refractivity contribution in [3.63, 3.8) is 0 Å². The zero-order valence-corrected chi connectivity index (χ0v) is 10.9. The lowest BCUT2D eigenvalue weighted by Gasteiger charge is -2.18. The van der Waals surface area contributed by atoms with E-state index in [9.17, 15) is 35.0 Å². The maximum atomic E-state index is 11.3. The van der Waals surface area contributed by atoms with Crippen LogP contribution in [-0.4, -0.2) is 45.2 Å². The van der Waals surface area contributed by atoms with Crippen LogP contribution < -0.4 is 0 Å². The molecule has 1 aromatic carbocycles. The van der Waals surface area contributed by atoms with Crippen LogP contribution >= 0.6 is 0 Å². The van der Waals surface area contributed by atoms with Gasteiger partial charge in [0.2, 0.25) is 0 Å². The van der Waals surface area contributed by atoms with Gasteiger partial charge in [0.15, 0.2) is 12.4 Å². The summed E-state index contributed by atoms with van der Waals surface area (Å²) in [5.41, 5.74) is -1.55. The van der Waals surface area contributed by atoms with E-state index in [2.05, 4.69) is 4.74 Å². The minimum atomic E-state index is -2.06. The molecule has 0 aromatic heterocycles. The molecule has 2 unspecified atom stereocenters. The van der Waals surface area contributed by atoms with Crippen LogP contribution in [0.3, 0.4) is 0 Å². The number of hydrogen-bond acceptors (Lipinski definition) is 8. The number of hydrogen-bond donors (Lipinski definition) is 3. The van der Waals surface area contributed by atoms with Crippen LogP contribution in [0.1, 0.15) is 28.9 Å². The molecule has 1 aromatic rings. The van der Waals surface area contributed by atoms with E-state index in [-0.39, 0.29) is 12.9 Å². The molecule has 2 atom stereocenters. The molecule has 9 nitrogen and oxygen atoms in total. The number of ether oxygens (including phenoxy) is 1. The van der Waals surface area contributed by atoms with Gasteiger partial charge in [0, 0.05) is 17.7 Å². The fourth-order valence-corrected chi connectivity index (χ4v) is 1.61. The van der Waals surface area contributed by atoms with Gasteiger partial charge < -0.3 is 20.1 Å². The average molecular weight is 299 g/mol. The summed E-state index contributed by atoms with van der Waals surface area (Å²) in [5.74, 6) is -1.92. The number of rotatable bonds is 6. The molecule has 3 N–H and O–H groups in total. The standard InChI is InChI=1S/C12H13NO8/c1-2-21-12(18)11(17)10(16)8-4-7(13(19)20)3-6(5-14)9(8)15/h3-5,10-11,15-17H,2H2,1H3. The molecule has 0 aliphatic rings. The molecule has 0 bridgehead atoms. The first kappa shape index (κ1) is 16.5. The number of esters is 1. The van der Waals surface area contributed by atoms with Gasteiger partial charge in [0.05, 0.1) is 17.1 Å². The van der Waals surface area contributed by atoms with Gasteiger partial charge >= 0.3 is 5.97 Å². The van der Waals surface area contributed by atoms with Crippen LogP contribution in [0.15, 0.2) is 12.1 Å². The highest BCUT2D eigenvalue weighted by Crippen LogP contribution is 2.33. The molecular formula is C12H13NO8. The van der Waals surface area contributed by atoms with Crippen LogP contribution in [0.4, 0.5) is 5.69 Å². The number of phenols is 1. The van der Waals surface area contributed by atoms with E-state index in [0.29, 0.717) is 0 Å². The van der Waals surface area contributed by atoms with Crippen molar-refractivity contribution in [1.82, 2.24) is 0 Å². The van der Waals surface area contributed by atoms with Crippen LogP contribution in [0.2, 0.25) is 0 Å². The normalized spacial score (nSPS) is 13.3. The number of aldehydes is 1. The van der Waals surface area contributed by atoms with Crippen molar-refractivity contribution in [3.05, 3.63) is 33.4 Å². The van der Waals surface area contributed by atoms with Crippen molar-refractivity contribution < 1.29 is 34.6 Å². The van der Waals surface area contributed by atoms with Gasteiger partial charge in [-0.05, 0) is 6.92 Å². The first-order valence-electron chi connectivity index (χ1n) is 5.82. The van der Waals surface area contributed by atoms with Gasteiger partial charge in [-0.25, -0.2) is 4.79 Å². The Morgan fingerprint density at radius 1 is 1.48 bits per heavy atom. The van der Waals surface area contributed by atoms with Crippen molar-refractivity contribution in [2.75, 3.05) is 6.61 Å². The molecule has 0 spiro atoms. The topological polar surface area (TPSA) is 147 Å². The van der Waals surface area contributed by atoms with E-state index in [0.717, 1.165) is 12.1 Å². The first-order valence-corrected chi connectivity index (χ1v) is 5.82. The van der Waals surface area contributed by atoms with Gasteiger partial charge in [-0.1, -0.05) is 0 Å². The van der Waals surface area contributed by atoms with Gasteiger partial charge in [-0.2, -0.15) is 0 Å². The Balaban J connectivity index is 3.27. The fourth-order valence-electron chi connectivity index (χ4n) is 1.61. The zero-order valence-electron chi connectivity index (χ0n) is 10.9. The van der Waals surface area contributed by atoms with Crippen molar-refractivity contribution >= 4 is 17.9 Å². The number of carbonyl (C=O) groups excluding carboxylic acids is 2. The Labute approximate surface area is 118 Å². The van der Waals surface area contributed by atoms with Crippen LogP contribution in [0.25, 0.3) is 0 Å². The molecule has 0 radical (unpaired) electrons. The molecule has 9 heteroatoms. The Kier molecular flexibility index (Phi) is 5.33. The molecule has 0 aliphatic heterocycles. The summed E-state index contributed by atoms with van der Waals surface area (Å²) in [6.07, 6.45) is -3.89. The molecular weight excluding hydrogens is 286 g/mol. The zero-order chi connectivity index (χ0) is 16.2. The molecule has 0 fully saturated rings. The summed E-state index contributed by atoms with van der Waals surface area (Å²) >= 11 is 0. The van der Waals surface area contributed by atoms with Crippen molar-refractivity contribution in [1.29, 1.82) is 0 Å². The van der Waals surface area contributed by atoms with Crippen LogP contribution in [0, 0.1) is 10.1 Å². The predicted molar refractivity (Wildman–Crippen MR) is 67.7 cm³/mol. The molecule has 0 saturated heterocycles. The van der Waals surface area contributed by atoms with Gasteiger partial charge in [0.1, 0.15) is 11.9 Å². The molecule has 0 heterocycles. The Morgan fingerprint density at radius 3 is 2.57 bits per heavy atom. The lowest BCUT2D eigenvalue weighted by molar-refractivity contribution is -0.385.